The molecule has 1 N–H and O–H groups in total. The first-order valence-corrected chi connectivity index (χ1v) is 15.0. The Morgan fingerprint density at radius 3 is 2.52 bits per heavy atom. The zero-order valence-corrected chi connectivity index (χ0v) is 20.8. The summed E-state index contributed by atoms with van der Waals surface area (Å²) in [6.07, 6.45) is 14.4. The molecule has 3 unspecified atom stereocenters. The average molecular weight is 417 g/mol. The third-order valence-corrected chi connectivity index (χ3v) is 14.7. The predicted octanol–water partition coefficient (Wildman–Crippen LogP) is 6.87. The highest BCUT2D eigenvalue weighted by atomic mass is 28.4. The molecule has 0 heterocycles. The summed E-state index contributed by atoms with van der Waals surface area (Å²) in [7, 11) is -1.75. The molecule has 0 saturated heterocycles. The molecule has 3 fully saturated rings. The maximum atomic E-state index is 10.3. The van der Waals surface area contributed by atoms with Crippen molar-refractivity contribution in [3.8, 4) is 0 Å². The van der Waals surface area contributed by atoms with E-state index in [2.05, 4.69) is 59.5 Å². The molecule has 2 nitrogen and oxygen atoms in total. The summed E-state index contributed by atoms with van der Waals surface area (Å²) in [5, 5.41) is 10.5. The lowest BCUT2D eigenvalue weighted by molar-refractivity contribution is -0.0604. The standard InChI is InChI=1S/C26H44O2Si/c1-8-26-16-13-19(27)17-18(26)9-10-20-21-11-12-23(25(21,5)15-14-22(20)26)28-29(6,7)24(2,3)4/h8-9,19-23,27H,1,10-17H2,2-7H3/t19-,20?,21?,22?,23-,25-,26-/m0/s1. The van der Waals surface area contributed by atoms with Gasteiger partial charge in [-0.05, 0) is 92.7 Å². The summed E-state index contributed by atoms with van der Waals surface area (Å²) in [5.41, 5.74) is 1.99. The van der Waals surface area contributed by atoms with Crippen molar-refractivity contribution < 1.29 is 9.53 Å². The summed E-state index contributed by atoms with van der Waals surface area (Å²) in [5.74, 6) is 2.26. The zero-order valence-electron chi connectivity index (χ0n) is 19.8. The van der Waals surface area contributed by atoms with Crippen LogP contribution in [0.25, 0.3) is 0 Å². The fourth-order valence-electron chi connectivity index (χ4n) is 7.41. The minimum absolute atomic E-state index is 0.145. The molecule has 0 radical (unpaired) electrons. The SMILES string of the molecule is C=C[C@]12CC[C@H](O)CC1=CCC1C2CC[C@@]2(C)C1CC[C@@H]2O[Si](C)(C)C(C)(C)C. The van der Waals surface area contributed by atoms with Crippen LogP contribution in [0.5, 0.6) is 0 Å². The second-order valence-electron chi connectivity index (χ2n) is 12.5. The summed E-state index contributed by atoms with van der Waals surface area (Å²) >= 11 is 0. The Balaban J connectivity index is 1.60. The fraction of sp³-hybridized carbons (Fsp3) is 0.846. The first-order chi connectivity index (χ1) is 13.4. The van der Waals surface area contributed by atoms with Gasteiger partial charge >= 0.3 is 0 Å². The number of aliphatic hydroxyl groups is 1. The van der Waals surface area contributed by atoms with E-state index >= 15 is 0 Å². The van der Waals surface area contributed by atoms with Gasteiger partial charge in [-0.1, -0.05) is 45.4 Å². The predicted molar refractivity (Wildman–Crippen MR) is 124 cm³/mol. The normalized spacial score (nSPS) is 45.1. The van der Waals surface area contributed by atoms with Crippen molar-refractivity contribution in [2.45, 2.75) is 109 Å². The molecule has 7 atom stereocenters. The van der Waals surface area contributed by atoms with E-state index in [0.717, 1.165) is 37.0 Å². The van der Waals surface area contributed by atoms with Crippen molar-refractivity contribution >= 4 is 8.32 Å². The van der Waals surface area contributed by atoms with E-state index in [1.54, 1.807) is 0 Å². The van der Waals surface area contributed by atoms with Gasteiger partial charge in [-0.2, -0.15) is 0 Å². The van der Waals surface area contributed by atoms with Gasteiger partial charge in [-0.15, -0.1) is 6.58 Å². The van der Waals surface area contributed by atoms with E-state index in [1.165, 1.54) is 37.7 Å². The van der Waals surface area contributed by atoms with Crippen LogP contribution in [0.15, 0.2) is 24.3 Å². The molecule has 3 heteroatoms. The lowest BCUT2D eigenvalue weighted by atomic mass is 9.47. The van der Waals surface area contributed by atoms with Crippen LogP contribution < -0.4 is 0 Å². The van der Waals surface area contributed by atoms with Gasteiger partial charge in [0.1, 0.15) is 0 Å². The highest BCUT2D eigenvalue weighted by molar-refractivity contribution is 6.74. The van der Waals surface area contributed by atoms with Crippen molar-refractivity contribution in [1.82, 2.24) is 0 Å². The summed E-state index contributed by atoms with van der Waals surface area (Å²) in [4.78, 5) is 0. The smallest absolute Gasteiger partial charge is 0.192 e. The minimum atomic E-state index is -1.75. The van der Waals surface area contributed by atoms with Gasteiger partial charge < -0.3 is 9.53 Å². The number of hydrogen-bond acceptors (Lipinski definition) is 2. The molecule has 29 heavy (non-hydrogen) atoms. The van der Waals surface area contributed by atoms with Crippen molar-refractivity contribution in [3.05, 3.63) is 24.3 Å². The topological polar surface area (TPSA) is 29.5 Å². The van der Waals surface area contributed by atoms with Crippen LogP contribution in [0, 0.1) is 28.6 Å². The van der Waals surface area contributed by atoms with E-state index in [0.29, 0.717) is 11.5 Å². The van der Waals surface area contributed by atoms with Gasteiger partial charge in [0.05, 0.1) is 12.2 Å². The molecule has 4 aliphatic carbocycles. The molecule has 0 bridgehead atoms. The molecule has 0 aromatic heterocycles. The average Bonchev–Trinajstić information content (AvgIpc) is 2.96. The number of hydrogen-bond donors (Lipinski definition) is 1. The molecule has 0 spiro atoms. The quantitative estimate of drug-likeness (QED) is 0.402. The van der Waals surface area contributed by atoms with Crippen molar-refractivity contribution in [2.75, 3.05) is 0 Å². The van der Waals surface area contributed by atoms with Crippen LogP contribution in [0.3, 0.4) is 0 Å². The van der Waals surface area contributed by atoms with Gasteiger partial charge in [-0.3, -0.25) is 0 Å². The molecule has 0 amide bonds. The van der Waals surface area contributed by atoms with E-state index in [1.807, 2.05) is 0 Å². The Kier molecular flexibility index (Phi) is 5.32. The molecule has 0 aliphatic heterocycles. The monoisotopic (exact) mass is 416 g/mol. The summed E-state index contributed by atoms with van der Waals surface area (Å²) in [6.45, 7) is 18.8. The minimum Gasteiger partial charge on any atom is -0.413 e. The van der Waals surface area contributed by atoms with Crippen molar-refractivity contribution in [2.24, 2.45) is 28.6 Å². The number of rotatable bonds is 3. The highest BCUT2D eigenvalue weighted by Crippen LogP contribution is 2.66. The van der Waals surface area contributed by atoms with Crippen molar-refractivity contribution in [1.29, 1.82) is 0 Å². The molecular weight excluding hydrogens is 372 g/mol. The molecule has 164 valence electrons. The Hall–Kier alpha value is -0.383. The van der Waals surface area contributed by atoms with Crippen LogP contribution in [0.4, 0.5) is 0 Å². The third-order valence-electron chi connectivity index (χ3n) is 10.2. The molecule has 4 rings (SSSR count). The second-order valence-corrected chi connectivity index (χ2v) is 17.2. The van der Waals surface area contributed by atoms with Crippen LogP contribution in [0.2, 0.25) is 18.1 Å². The van der Waals surface area contributed by atoms with Gasteiger partial charge in [0.15, 0.2) is 8.32 Å². The Morgan fingerprint density at radius 1 is 1.14 bits per heavy atom. The van der Waals surface area contributed by atoms with Gasteiger partial charge in [0, 0.05) is 5.41 Å². The number of fused-ring (bicyclic) bond motifs is 5. The van der Waals surface area contributed by atoms with Crippen LogP contribution >= 0.6 is 0 Å². The van der Waals surface area contributed by atoms with E-state index in [-0.39, 0.29) is 16.6 Å². The summed E-state index contributed by atoms with van der Waals surface area (Å²) < 4.78 is 7.06. The Morgan fingerprint density at radius 2 is 1.86 bits per heavy atom. The molecule has 0 aromatic carbocycles. The maximum Gasteiger partial charge on any atom is 0.192 e. The largest absolute Gasteiger partial charge is 0.413 e. The fourth-order valence-corrected chi connectivity index (χ4v) is 8.86. The van der Waals surface area contributed by atoms with Crippen LogP contribution in [-0.2, 0) is 4.43 Å². The van der Waals surface area contributed by atoms with Crippen LogP contribution in [-0.4, -0.2) is 25.6 Å². The summed E-state index contributed by atoms with van der Waals surface area (Å²) in [6, 6.07) is 0. The number of allylic oxidation sites excluding steroid dienone is 2. The lowest BCUT2D eigenvalue weighted by Crippen LogP contribution is -2.53. The molecular formula is C26H44O2Si. The number of aliphatic hydroxyl groups excluding tert-OH is 1. The third kappa shape index (κ3) is 3.26. The van der Waals surface area contributed by atoms with E-state index < -0.39 is 8.32 Å². The van der Waals surface area contributed by atoms with Crippen LogP contribution in [0.1, 0.15) is 79.1 Å². The molecule has 3 saturated carbocycles. The van der Waals surface area contributed by atoms with E-state index in [4.69, 9.17) is 4.43 Å². The first kappa shape index (κ1) is 21.8. The van der Waals surface area contributed by atoms with Gasteiger partial charge in [0.25, 0.3) is 0 Å². The maximum absolute atomic E-state index is 10.3. The van der Waals surface area contributed by atoms with Gasteiger partial charge in [0.2, 0.25) is 0 Å². The zero-order chi connectivity index (χ0) is 21.2. The van der Waals surface area contributed by atoms with Crippen molar-refractivity contribution in [3.63, 3.8) is 0 Å². The molecule has 4 aliphatic rings. The lowest BCUT2D eigenvalue weighted by Gasteiger charge is -2.58. The van der Waals surface area contributed by atoms with E-state index in [9.17, 15) is 5.11 Å². The Bertz CT molecular complexity index is 689. The Labute approximate surface area is 180 Å². The first-order valence-electron chi connectivity index (χ1n) is 12.1. The highest BCUT2D eigenvalue weighted by Gasteiger charge is 2.60. The second kappa shape index (κ2) is 7.07. The van der Waals surface area contributed by atoms with Gasteiger partial charge in [-0.25, -0.2) is 0 Å². The molecule has 0 aromatic rings.